The Morgan fingerprint density at radius 3 is 2.78 bits per heavy atom. The van der Waals surface area contributed by atoms with Crippen LogP contribution in [0, 0.1) is 12.7 Å². The largest absolute Gasteiger partial charge is 0.486 e. The molecule has 0 bridgehead atoms. The summed E-state index contributed by atoms with van der Waals surface area (Å²) in [4.78, 5) is 0. The molecule has 0 aliphatic heterocycles. The predicted molar refractivity (Wildman–Crippen MR) is 69.8 cm³/mol. The van der Waals surface area contributed by atoms with Gasteiger partial charge in [0, 0.05) is 18.2 Å². The van der Waals surface area contributed by atoms with E-state index in [9.17, 15) is 4.39 Å². The lowest BCUT2D eigenvalue weighted by atomic mass is 10.2. The molecule has 0 aliphatic carbocycles. The number of rotatable bonds is 4. The molecule has 0 atom stereocenters. The molecule has 0 fully saturated rings. The first kappa shape index (κ1) is 13.1. The Hall–Kier alpha value is -1.33. The molecule has 2 N–H and O–H groups in total. The minimum atomic E-state index is -0.356. The van der Waals surface area contributed by atoms with E-state index >= 15 is 0 Å². The monoisotopic (exact) mass is 313 g/mol. The van der Waals surface area contributed by atoms with E-state index in [0.717, 1.165) is 11.3 Å². The van der Waals surface area contributed by atoms with Crippen molar-refractivity contribution in [3.05, 3.63) is 51.6 Å². The van der Waals surface area contributed by atoms with Crippen molar-refractivity contribution in [1.82, 2.24) is 0 Å². The second-order valence-corrected chi connectivity index (χ2v) is 4.72. The maximum absolute atomic E-state index is 13.3. The van der Waals surface area contributed by atoms with E-state index in [1.165, 1.54) is 6.07 Å². The third kappa shape index (κ3) is 2.91. The molecule has 1 heterocycles. The Balaban J connectivity index is 2.04. The summed E-state index contributed by atoms with van der Waals surface area (Å²) in [5, 5.41) is 0. The minimum Gasteiger partial charge on any atom is -0.486 e. The molecule has 0 spiro atoms. The quantitative estimate of drug-likeness (QED) is 0.939. The van der Waals surface area contributed by atoms with Crippen LogP contribution in [0.3, 0.4) is 0 Å². The number of aryl methyl sites for hydroxylation is 1. The summed E-state index contributed by atoms with van der Waals surface area (Å²) < 4.78 is 24.6. The molecule has 5 heteroatoms. The molecule has 0 aliphatic rings. The van der Waals surface area contributed by atoms with Crippen LogP contribution < -0.4 is 10.5 Å². The molecule has 0 saturated carbocycles. The Bertz CT molecular complexity index is 554. The van der Waals surface area contributed by atoms with Crippen molar-refractivity contribution < 1.29 is 13.5 Å². The first-order valence-electron chi connectivity index (χ1n) is 5.46. The zero-order valence-electron chi connectivity index (χ0n) is 9.87. The molecular formula is C13H13BrFNO2. The molecule has 0 radical (unpaired) electrons. The summed E-state index contributed by atoms with van der Waals surface area (Å²) >= 11 is 3.08. The van der Waals surface area contributed by atoms with Crippen LogP contribution in [0.25, 0.3) is 0 Å². The van der Waals surface area contributed by atoms with Crippen LogP contribution in [0.2, 0.25) is 0 Å². The van der Waals surface area contributed by atoms with Gasteiger partial charge in [0.15, 0.2) is 0 Å². The van der Waals surface area contributed by atoms with E-state index in [1.54, 1.807) is 12.1 Å². The molecule has 0 unspecified atom stereocenters. The van der Waals surface area contributed by atoms with E-state index in [2.05, 4.69) is 15.9 Å². The van der Waals surface area contributed by atoms with E-state index in [1.807, 2.05) is 13.0 Å². The van der Waals surface area contributed by atoms with Crippen molar-refractivity contribution in [3.63, 3.8) is 0 Å². The summed E-state index contributed by atoms with van der Waals surface area (Å²) in [5.74, 6) is 1.57. The summed E-state index contributed by atoms with van der Waals surface area (Å²) in [7, 11) is 0. The lowest BCUT2D eigenvalue weighted by Gasteiger charge is -2.04. The maximum atomic E-state index is 13.3. The van der Waals surface area contributed by atoms with Gasteiger partial charge in [-0.05, 0) is 41.1 Å². The zero-order valence-corrected chi connectivity index (χ0v) is 11.5. The number of ether oxygens (including phenoxy) is 1. The SMILES string of the molecule is Cc1oc(COc2ccc(Br)c(F)c2)cc1CN. The van der Waals surface area contributed by atoms with Crippen molar-refractivity contribution in [2.75, 3.05) is 0 Å². The summed E-state index contributed by atoms with van der Waals surface area (Å²) in [5.41, 5.74) is 6.51. The Morgan fingerprint density at radius 1 is 1.39 bits per heavy atom. The van der Waals surface area contributed by atoms with Crippen LogP contribution >= 0.6 is 15.9 Å². The van der Waals surface area contributed by atoms with Crippen molar-refractivity contribution in [2.45, 2.75) is 20.1 Å². The molecular weight excluding hydrogens is 301 g/mol. The van der Waals surface area contributed by atoms with Gasteiger partial charge in [0.05, 0.1) is 4.47 Å². The average Bonchev–Trinajstić information content (AvgIpc) is 2.71. The highest BCUT2D eigenvalue weighted by Crippen LogP contribution is 2.22. The van der Waals surface area contributed by atoms with E-state index < -0.39 is 0 Å². The highest BCUT2D eigenvalue weighted by atomic mass is 79.9. The number of benzene rings is 1. The van der Waals surface area contributed by atoms with Crippen LogP contribution in [0.5, 0.6) is 5.75 Å². The predicted octanol–water partition coefficient (Wildman–Crippen LogP) is 3.53. The number of furan rings is 1. The van der Waals surface area contributed by atoms with E-state index in [4.69, 9.17) is 14.9 Å². The standard InChI is InChI=1S/C13H13BrFNO2/c1-8-9(6-16)4-11(18-8)7-17-10-2-3-12(14)13(15)5-10/h2-5H,6-7,16H2,1H3. The summed E-state index contributed by atoms with van der Waals surface area (Å²) in [6.07, 6.45) is 0. The maximum Gasteiger partial charge on any atom is 0.146 e. The lowest BCUT2D eigenvalue weighted by molar-refractivity contribution is 0.266. The molecule has 3 nitrogen and oxygen atoms in total. The van der Waals surface area contributed by atoms with Crippen molar-refractivity contribution >= 4 is 15.9 Å². The van der Waals surface area contributed by atoms with Gasteiger partial charge in [-0.2, -0.15) is 0 Å². The van der Waals surface area contributed by atoms with E-state index in [0.29, 0.717) is 22.5 Å². The highest BCUT2D eigenvalue weighted by Gasteiger charge is 2.07. The molecule has 18 heavy (non-hydrogen) atoms. The lowest BCUT2D eigenvalue weighted by Crippen LogP contribution is -1.96. The third-order valence-electron chi connectivity index (χ3n) is 2.56. The van der Waals surface area contributed by atoms with Gasteiger partial charge in [-0.3, -0.25) is 0 Å². The second kappa shape index (κ2) is 5.54. The first-order chi connectivity index (χ1) is 8.60. The fraction of sp³-hybridized carbons (Fsp3) is 0.231. The van der Waals surface area contributed by atoms with Gasteiger partial charge in [0.2, 0.25) is 0 Å². The van der Waals surface area contributed by atoms with Gasteiger partial charge in [-0.15, -0.1) is 0 Å². The summed E-state index contributed by atoms with van der Waals surface area (Å²) in [6.45, 7) is 2.54. The number of hydrogen-bond donors (Lipinski definition) is 1. The molecule has 0 amide bonds. The van der Waals surface area contributed by atoms with Gasteiger partial charge in [0.25, 0.3) is 0 Å². The normalized spacial score (nSPS) is 10.7. The van der Waals surface area contributed by atoms with E-state index in [-0.39, 0.29) is 12.4 Å². The second-order valence-electron chi connectivity index (χ2n) is 3.86. The van der Waals surface area contributed by atoms with Gasteiger partial charge in [0.1, 0.15) is 29.7 Å². The smallest absolute Gasteiger partial charge is 0.146 e. The average molecular weight is 314 g/mol. The van der Waals surface area contributed by atoms with Crippen LogP contribution in [-0.4, -0.2) is 0 Å². The molecule has 2 aromatic rings. The molecule has 2 rings (SSSR count). The minimum absolute atomic E-state index is 0.252. The molecule has 0 saturated heterocycles. The number of nitrogens with two attached hydrogens (primary N) is 1. The van der Waals surface area contributed by atoms with Gasteiger partial charge >= 0.3 is 0 Å². The van der Waals surface area contributed by atoms with Gasteiger partial charge < -0.3 is 14.9 Å². The Kier molecular flexibility index (Phi) is 4.04. The topological polar surface area (TPSA) is 48.4 Å². The Morgan fingerprint density at radius 2 is 2.17 bits per heavy atom. The van der Waals surface area contributed by atoms with Crippen LogP contribution in [0.1, 0.15) is 17.1 Å². The summed E-state index contributed by atoms with van der Waals surface area (Å²) in [6, 6.07) is 6.46. The first-order valence-corrected chi connectivity index (χ1v) is 6.25. The molecule has 1 aromatic carbocycles. The van der Waals surface area contributed by atoms with Crippen molar-refractivity contribution in [3.8, 4) is 5.75 Å². The van der Waals surface area contributed by atoms with Crippen LogP contribution in [0.4, 0.5) is 4.39 Å². The third-order valence-corrected chi connectivity index (χ3v) is 3.21. The van der Waals surface area contributed by atoms with Crippen LogP contribution in [0.15, 0.2) is 33.2 Å². The molecule has 1 aromatic heterocycles. The number of halogens is 2. The Labute approximate surface area is 113 Å². The van der Waals surface area contributed by atoms with Crippen LogP contribution in [-0.2, 0) is 13.2 Å². The van der Waals surface area contributed by atoms with Gasteiger partial charge in [-0.25, -0.2) is 4.39 Å². The van der Waals surface area contributed by atoms with Crippen molar-refractivity contribution in [1.29, 1.82) is 0 Å². The number of hydrogen-bond acceptors (Lipinski definition) is 3. The molecule has 96 valence electrons. The fourth-order valence-electron chi connectivity index (χ4n) is 1.58. The van der Waals surface area contributed by atoms with Crippen molar-refractivity contribution in [2.24, 2.45) is 5.73 Å². The highest BCUT2D eigenvalue weighted by molar-refractivity contribution is 9.10. The van der Waals surface area contributed by atoms with Gasteiger partial charge in [-0.1, -0.05) is 0 Å². The fourth-order valence-corrected chi connectivity index (χ4v) is 1.83. The zero-order chi connectivity index (χ0) is 13.1.